The molecule has 1 unspecified atom stereocenters. The highest BCUT2D eigenvalue weighted by Gasteiger charge is 2.14. The Morgan fingerprint density at radius 3 is 2.74 bits per heavy atom. The van der Waals surface area contributed by atoms with Crippen molar-refractivity contribution in [3.63, 3.8) is 0 Å². The Labute approximate surface area is 115 Å². The van der Waals surface area contributed by atoms with Crippen LogP contribution in [0.1, 0.15) is 38.4 Å². The van der Waals surface area contributed by atoms with Crippen LogP contribution in [0, 0.1) is 6.92 Å². The molecule has 0 aliphatic carbocycles. The SMILES string of the molecule is Cc1nc(NC(C)CCN)cc(N2CCCCC2)n1. The van der Waals surface area contributed by atoms with E-state index in [1.807, 2.05) is 6.92 Å². The van der Waals surface area contributed by atoms with Crippen LogP contribution in [-0.2, 0) is 0 Å². The zero-order valence-corrected chi connectivity index (χ0v) is 12.0. The van der Waals surface area contributed by atoms with E-state index in [0.29, 0.717) is 12.6 Å². The van der Waals surface area contributed by atoms with Crippen LogP contribution in [0.5, 0.6) is 0 Å². The van der Waals surface area contributed by atoms with Gasteiger partial charge in [-0.15, -0.1) is 0 Å². The van der Waals surface area contributed by atoms with E-state index in [1.165, 1.54) is 19.3 Å². The molecule has 1 aliphatic heterocycles. The van der Waals surface area contributed by atoms with Crippen molar-refractivity contribution < 1.29 is 0 Å². The lowest BCUT2D eigenvalue weighted by molar-refractivity contribution is 0.572. The number of aromatic nitrogens is 2. The molecule has 5 nitrogen and oxygen atoms in total. The maximum absolute atomic E-state index is 5.58. The molecule has 5 heteroatoms. The summed E-state index contributed by atoms with van der Waals surface area (Å²) >= 11 is 0. The molecule has 2 rings (SSSR count). The maximum Gasteiger partial charge on any atom is 0.134 e. The van der Waals surface area contributed by atoms with Crippen molar-refractivity contribution in [1.29, 1.82) is 0 Å². The quantitative estimate of drug-likeness (QED) is 0.849. The molecule has 19 heavy (non-hydrogen) atoms. The molecule has 1 fully saturated rings. The lowest BCUT2D eigenvalue weighted by Gasteiger charge is -2.28. The van der Waals surface area contributed by atoms with Crippen LogP contribution in [0.25, 0.3) is 0 Å². The Hall–Kier alpha value is -1.36. The zero-order chi connectivity index (χ0) is 13.7. The van der Waals surface area contributed by atoms with E-state index in [-0.39, 0.29) is 0 Å². The van der Waals surface area contributed by atoms with Crippen LogP contribution in [0.3, 0.4) is 0 Å². The predicted octanol–water partition coefficient (Wildman–Crippen LogP) is 1.92. The van der Waals surface area contributed by atoms with Gasteiger partial charge in [0.2, 0.25) is 0 Å². The van der Waals surface area contributed by atoms with E-state index >= 15 is 0 Å². The standard InChI is InChI=1S/C14H25N5/c1-11(6-7-15)16-13-10-14(18-12(2)17-13)19-8-4-3-5-9-19/h10-11H,3-9,15H2,1-2H3,(H,16,17,18). The Bertz CT molecular complexity index is 401. The number of hydrogen-bond donors (Lipinski definition) is 2. The first-order valence-corrected chi connectivity index (χ1v) is 7.26. The molecule has 0 bridgehead atoms. The van der Waals surface area contributed by atoms with Crippen molar-refractivity contribution >= 4 is 11.6 Å². The van der Waals surface area contributed by atoms with E-state index in [2.05, 4.69) is 33.2 Å². The van der Waals surface area contributed by atoms with Gasteiger partial charge in [0.1, 0.15) is 17.5 Å². The second kappa shape index (κ2) is 6.70. The van der Waals surface area contributed by atoms with Crippen LogP contribution in [0.15, 0.2) is 6.07 Å². The molecule has 0 aromatic carbocycles. The molecule has 0 amide bonds. The zero-order valence-electron chi connectivity index (χ0n) is 12.0. The van der Waals surface area contributed by atoms with E-state index < -0.39 is 0 Å². The van der Waals surface area contributed by atoms with Gasteiger partial charge in [0.15, 0.2) is 0 Å². The summed E-state index contributed by atoms with van der Waals surface area (Å²) in [5, 5.41) is 3.41. The summed E-state index contributed by atoms with van der Waals surface area (Å²) in [6, 6.07) is 2.40. The molecule has 1 aliphatic rings. The Kier molecular flexibility index (Phi) is 4.96. The summed E-state index contributed by atoms with van der Waals surface area (Å²) in [4.78, 5) is 11.4. The van der Waals surface area contributed by atoms with Gasteiger partial charge >= 0.3 is 0 Å². The van der Waals surface area contributed by atoms with Gasteiger partial charge in [0, 0.05) is 25.2 Å². The molecule has 1 aromatic heterocycles. The van der Waals surface area contributed by atoms with Crippen molar-refractivity contribution in [1.82, 2.24) is 9.97 Å². The summed E-state index contributed by atoms with van der Waals surface area (Å²) in [6.07, 6.45) is 4.80. The first kappa shape index (κ1) is 14.1. The normalized spacial score (nSPS) is 17.3. The number of nitrogens with zero attached hydrogens (tertiary/aromatic N) is 3. The monoisotopic (exact) mass is 263 g/mol. The number of aryl methyl sites for hydroxylation is 1. The van der Waals surface area contributed by atoms with E-state index in [0.717, 1.165) is 37.0 Å². The molecule has 1 atom stereocenters. The van der Waals surface area contributed by atoms with Crippen LogP contribution in [0.2, 0.25) is 0 Å². The highest BCUT2D eigenvalue weighted by molar-refractivity contribution is 5.50. The minimum Gasteiger partial charge on any atom is -0.367 e. The summed E-state index contributed by atoms with van der Waals surface area (Å²) in [7, 11) is 0. The molecule has 2 heterocycles. The Morgan fingerprint density at radius 1 is 1.32 bits per heavy atom. The second-order valence-corrected chi connectivity index (χ2v) is 5.33. The summed E-state index contributed by atoms with van der Waals surface area (Å²) in [5.74, 6) is 2.79. The number of piperidine rings is 1. The van der Waals surface area contributed by atoms with Gasteiger partial charge in [-0.2, -0.15) is 0 Å². The first-order chi connectivity index (χ1) is 9.19. The third-order valence-corrected chi connectivity index (χ3v) is 3.50. The molecule has 1 saturated heterocycles. The van der Waals surface area contributed by atoms with Gasteiger partial charge in [0.25, 0.3) is 0 Å². The predicted molar refractivity (Wildman–Crippen MR) is 79.6 cm³/mol. The molecule has 0 saturated carbocycles. The minimum atomic E-state index is 0.341. The van der Waals surface area contributed by atoms with Gasteiger partial charge in [-0.1, -0.05) is 0 Å². The molecular formula is C14H25N5. The molecule has 0 spiro atoms. The average Bonchev–Trinajstić information content (AvgIpc) is 2.39. The molecule has 1 aromatic rings. The lowest BCUT2D eigenvalue weighted by atomic mass is 10.1. The lowest BCUT2D eigenvalue weighted by Crippen LogP contribution is -2.30. The second-order valence-electron chi connectivity index (χ2n) is 5.33. The van der Waals surface area contributed by atoms with Crippen molar-refractivity contribution in [3.8, 4) is 0 Å². The summed E-state index contributed by atoms with van der Waals surface area (Å²) in [6.45, 7) is 6.98. The van der Waals surface area contributed by atoms with Crippen LogP contribution < -0.4 is 16.0 Å². The number of rotatable bonds is 5. The fourth-order valence-corrected chi connectivity index (χ4v) is 2.49. The third-order valence-electron chi connectivity index (χ3n) is 3.50. The van der Waals surface area contributed by atoms with Gasteiger partial charge < -0.3 is 16.0 Å². The fourth-order valence-electron chi connectivity index (χ4n) is 2.49. The topological polar surface area (TPSA) is 67.1 Å². The number of nitrogens with one attached hydrogen (secondary N) is 1. The number of hydrogen-bond acceptors (Lipinski definition) is 5. The highest BCUT2D eigenvalue weighted by atomic mass is 15.2. The van der Waals surface area contributed by atoms with Crippen LogP contribution in [-0.4, -0.2) is 35.6 Å². The molecule has 106 valence electrons. The van der Waals surface area contributed by atoms with Crippen molar-refractivity contribution in [2.24, 2.45) is 5.73 Å². The van der Waals surface area contributed by atoms with Gasteiger partial charge in [-0.05, 0) is 46.1 Å². The molecular weight excluding hydrogens is 238 g/mol. The van der Waals surface area contributed by atoms with E-state index in [4.69, 9.17) is 5.73 Å². The van der Waals surface area contributed by atoms with Crippen molar-refractivity contribution in [2.75, 3.05) is 29.9 Å². The maximum atomic E-state index is 5.58. The van der Waals surface area contributed by atoms with Gasteiger partial charge in [0.05, 0.1) is 0 Å². The van der Waals surface area contributed by atoms with Gasteiger partial charge in [-0.25, -0.2) is 9.97 Å². The van der Waals surface area contributed by atoms with Crippen LogP contribution >= 0.6 is 0 Å². The van der Waals surface area contributed by atoms with Crippen molar-refractivity contribution in [3.05, 3.63) is 11.9 Å². The van der Waals surface area contributed by atoms with Crippen LogP contribution in [0.4, 0.5) is 11.6 Å². The highest BCUT2D eigenvalue weighted by Crippen LogP contribution is 2.20. The largest absolute Gasteiger partial charge is 0.367 e. The smallest absolute Gasteiger partial charge is 0.134 e. The summed E-state index contributed by atoms with van der Waals surface area (Å²) < 4.78 is 0. The third kappa shape index (κ3) is 4.06. The fraction of sp³-hybridized carbons (Fsp3) is 0.714. The Morgan fingerprint density at radius 2 is 2.05 bits per heavy atom. The average molecular weight is 263 g/mol. The molecule has 3 N–H and O–H groups in total. The molecule has 0 radical (unpaired) electrons. The number of nitrogens with two attached hydrogens (primary N) is 1. The van der Waals surface area contributed by atoms with Gasteiger partial charge in [-0.3, -0.25) is 0 Å². The first-order valence-electron chi connectivity index (χ1n) is 7.26. The van der Waals surface area contributed by atoms with E-state index in [9.17, 15) is 0 Å². The Balaban J connectivity index is 2.09. The number of anilines is 2. The minimum absolute atomic E-state index is 0.341. The van der Waals surface area contributed by atoms with Crippen molar-refractivity contribution in [2.45, 2.75) is 45.6 Å². The van der Waals surface area contributed by atoms with E-state index in [1.54, 1.807) is 0 Å². The summed E-state index contributed by atoms with van der Waals surface area (Å²) in [5.41, 5.74) is 5.58.